The number of nitrogens with zero attached hydrogens (tertiary/aromatic N) is 1. The molecule has 2 fully saturated rings. The van der Waals surface area contributed by atoms with Gasteiger partial charge >= 0.3 is 0 Å². The highest BCUT2D eigenvalue weighted by Crippen LogP contribution is 2.33. The molecule has 5 heteroatoms. The van der Waals surface area contributed by atoms with Crippen LogP contribution in [0.15, 0.2) is 0 Å². The first-order valence-corrected chi connectivity index (χ1v) is 6.74. The molecule has 1 aliphatic heterocycles. The lowest BCUT2D eigenvalue weighted by molar-refractivity contribution is 0.165. The summed E-state index contributed by atoms with van der Waals surface area (Å²) in [6.45, 7) is 1.28. The maximum absolute atomic E-state index is 11.9. The lowest BCUT2D eigenvalue weighted by atomic mass is 10.0. The van der Waals surface area contributed by atoms with Crippen LogP contribution in [0.4, 0.5) is 0 Å². The van der Waals surface area contributed by atoms with Crippen molar-refractivity contribution in [1.29, 1.82) is 0 Å². The normalized spacial score (nSPS) is 30.5. The van der Waals surface area contributed by atoms with E-state index >= 15 is 0 Å². The molecule has 1 N–H and O–H groups in total. The fourth-order valence-corrected chi connectivity index (χ4v) is 3.94. The van der Waals surface area contributed by atoms with Crippen LogP contribution in [-0.4, -0.2) is 42.8 Å². The summed E-state index contributed by atoms with van der Waals surface area (Å²) in [7, 11) is -3.01. The third kappa shape index (κ3) is 1.94. The number of aliphatic hydroxyl groups excluding tert-OH is 1. The van der Waals surface area contributed by atoms with E-state index in [4.69, 9.17) is 5.11 Å². The highest BCUT2D eigenvalue weighted by Gasteiger charge is 2.41. The highest BCUT2D eigenvalue weighted by atomic mass is 32.2. The van der Waals surface area contributed by atoms with Crippen molar-refractivity contribution in [2.45, 2.75) is 30.9 Å². The minimum absolute atomic E-state index is 0.108. The molecule has 1 atom stereocenters. The minimum Gasteiger partial charge on any atom is -0.396 e. The summed E-state index contributed by atoms with van der Waals surface area (Å²) in [5.74, 6) is 0.150. The van der Waals surface area contributed by atoms with Crippen molar-refractivity contribution >= 4 is 10.0 Å². The summed E-state index contributed by atoms with van der Waals surface area (Å²) < 4.78 is 25.3. The van der Waals surface area contributed by atoms with Crippen molar-refractivity contribution in [3.8, 4) is 0 Å². The summed E-state index contributed by atoms with van der Waals surface area (Å²) in [6.07, 6.45) is 3.48. The van der Waals surface area contributed by atoms with Crippen molar-refractivity contribution < 1.29 is 13.5 Å². The van der Waals surface area contributed by atoms with Gasteiger partial charge in [-0.3, -0.25) is 0 Å². The third-order valence-electron chi connectivity index (χ3n) is 3.05. The van der Waals surface area contributed by atoms with Gasteiger partial charge in [0.05, 0.1) is 5.25 Å². The summed E-state index contributed by atoms with van der Waals surface area (Å²) in [4.78, 5) is 0. The second-order valence-electron chi connectivity index (χ2n) is 4.29. The van der Waals surface area contributed by atoms with Gasteiger partial charge in [0.25, 0.3) is 0 Å². The minimum atomic E-state index is -3.01. The first kappa shape index (κ1) is 10.4. The molecular weight excluding hydrogens is 202 g/mol. The second-order valence-corrected chi connectivity index (χ2v) is 6.51. The van der Waals surface area contributed by atoms with Crippen molar-refractivity contribution in [2.24, 2.45) is 5.92 Å². The molecule has 0 radical (unpaired) electrons. The van der Waals surface area contributed by atoms with E-state index in [-0.39, 0.29) is 17.8 Å². The fraction of sp³-hybridized carbons (Fsp3) is 1.00. The predicted molar refractivity (Wildman–Crippen MR) is 53.3 cm³/mol. The Morgan fingerprint density at radius 1 is 1.29 bits per heavy atom. The summed E-state index contributed by atoms with van der Waals surface area (Å²) in [6, 6.07) is 0. The van der Waals surface area contributed by atoms with Crippen LogP contribution >= 0.6 is 0 Å². The maximum Gasteiger partial charge on any atom is 0.216 e. The average molecular weight is 219 g/mol. The zero-order chi connectivity index (χ0) is 10.2. The quantitative estimate of drug-likeness (QED) is 0.737. The lowest BCUT2D eigenvalue weighted by Gasteiger charge is -2.30. The molecule has 82 valence electrons. The molecule has 2 rings (SSSR count). The number of hydrogen-bond acceptors (Lipinski definition) is 3. The zero-order valence-corrected chi connectivity index (χ0v) is 9.04. The Labute approximate surface area is 85.0 Å². The van der Waals surface area contributed by atoms with Crippen LogP contribution in [0, 0.1) is 5.92 Å². The van der Waals surface area contributed by atoms with Gasteiger partial charge in [0, 0.05) is 19.7 Å². The first-order chi connectivity index (χ1) is 6.64. The molecule has 14 heavy (non-hydrogen) atoms. The van der Waals surface area contributed by atoms with Crippen LogP contribution in [0.2, 0.25) is 0 Å². The van der Waals surface area contributed by atoms with Gasteiger partial charge in [-0.2, -0.15) is 0 Å². The molecule has 0 aromatic carbocycles. The summed E-state index contributed by atoms with van der Waals surface area (Å²) in [5.41, 5.74) is 0. The monoisotopic (exact) mass is 219 g/mol. The van der Waals surface area contributed by atoms with Gasteiger partial charge in [-0.25, -0.2) is 12.7 Å². The Hall–Kier alpha value is -0.130. The van der Waals surface area contributed by atoms with E-state index in [2.05, 4.69) is 0 Å². The van der Waals surface area contributed by atoms with Gasteiger partial charge in [-0.15, -0.1) is 0 Å². The smallest absolute Gasteiger partial charge is 0.216 e. The Bertz CT molecular complexity index is 297. The third-order valence-corrected chi connectivity index (χ3v) is 5.41. The zero-order valence-electron chi connectivity index (χ0n) is 8.22. The molecule has 1 aliphatic carbocycles. The molecule has 0 spiro atoms. The van der Waals surface area contributed by atoms with Crippen molar-refractivity contribution in [3.63, 3.8) is 0 Å². The van der Waals surface area contributed by atoms with Crippen molar-refractivity contribution in [1.82, 2.24) is 4.31 Å². The number of sulfonamides is 1. The largest absolute Gasteiger partial charge is 0.396 e. The molecule has 1 saturated carbocycles. The maximum atomic E-state index is 11.9. The molecule has 0 aromatic heterocycles. The van der Waals surface area contributed by atoms with E-state index in [1.807, 2.05) is 0 Å². The van der Waals surface area contributed by atoms with Crippen LogP contribution in [0.5, 0.6) is 0 Å². The fourth-order valence-electron chi connectivity index (χ4n) is 1.98. The van der Waals surface area contributed by atoms with Crippen LogP contribution in [0.25, 0.3) is 0 Å². The average Bonchev–Trinajstić information content (AvgIpc) is 3.01. The van der Waals surface area contributed by atoms with Crippen LogP contribution in [0.1, 0.15) is 25.7 Å². The second kappa shape index (κ2) is 3.79. The molecule has 1 saturated heterocycles. The van der Waals surface area contributed by atoms with Crippen molar-refractivity contribution in [2.75, 3.05) is 19.7 Å². The van der Waals surface area contributed by atoms with Gasteiger partial charge in [-0.1, -0.05) is 0 Å². The Balaban J connectivity index is 2.03. The van der Waals surface area contributed by atoms with Gasteiger partial charge in [0.2, 0.25) is 10.0 Å². The highest BCUT2D eigenvalue weighted by molar-refractivity contribution is 7.90. The molecule has 2 aliphatic rings. The number of aliphatic hydroxyl groups is 1. The van der Waals surface area contributed by atoms with Gasteiger partial charge < -0.3 is 5.11 Å². The van der Waals surface area contributed by atoms with E-state index in [0.717, 1.165) is 25.7 Å². The Morgan fingerprint density at radius 2 is 2.00 bits per heavy atom. The molecule has 0 aromatic rings. The van der Waals surface area contributed by atoms with Gasteiger partial charge in [0.15, 0.2) is 0 Å². The van der Waals surface area contributed by atoms with Crippen molar-refractivity contribution in [3.05, 3.63) is 0 Å². The van der Waals surface area contributed by atoms with Crippen LogP contribution < -0.4 is 0 Å². The summed E-state index contributed by atoms with van der Waals surface area (Å²) >= 11 is 0. The summed E-state index contributed by atoms with van der Waals surface area (Å²) in [5, 5.41) is 8.90. The Kier molecular flexibility index (Phi) is 2.81. The molecule has 4 nitrogen and oxygen atoms in total. The first-order valence-electron chi connectivity index (χ1n) is 5.24. The van der Waals surface area contributed by atoms with E-state index in [9.17, 15) is 8.42 Å². The molecule has 0 amide bonds. The Morgan fingerprint density at radius 3 is 2.57 bits per heavy atom. The molecule has 1 heterocycles. The van der Waals surface area contributed by atoms with Gasteiger partial charge in [0.1, 0.15) is 0 Å². The lowest BCUT2D eigenvalue weighted by Crippen LogP contribution is -2.42. The van der Waals surface area contributed by atoms with Gasteiger partial charge in [-0.05, 0) is 31.6 Å². The van der Waals surface area contributed by atoms with E-state index in [0.29, 0.717) is 13.1 Å². The molecule has 1 unspecified atom stereocenters. The SMILES string of the molecule is O=S(=O)(C1CC1)N1CCCC(CO)C1. The molecule has 0 bridgehead atoms. The molecular formula is C9H17NO3S. The van der Waals surface area contributed by atoms with Crippen LogP contribution in [-0.2, 0) is 10.0 Å². The van der Waals surface area contributed by atoms with E-state index in [1.165, 1.54) is 0 Å². The standard InChI is InChI=1S/C9H17NO3S/c11-7-8-2-1-5-10(6-8)14(12,13)9-3-4-9/h8-9,11H,1-7H2. The number of piperidine rings is 1. The number of rotatable bonds is 3. The van der Waals surface area contributed by atoms with E-state index < -0.39 is 10.0 Å². The van der Waals surface area contributed by atoms with Crippen LogP contribution in [0.3, 0.4) is 0 Å². The number of hydrogen-bond donors (Lipinski definition) is 1. The topological polar surface area (TPSA) is 57.6 Å². The van der Waals surface area contributed by atoms with E-state index in [1.54, 1.807) is 4.31 Å². The predicted octanol–water partition coefficient (Wildman–Crippen LogP) is 0.183.